The molecule has 0 aliphatic heterocycles. The highest BCUT2D eigenvalue weighted by molar-refractivity contribution is 7.93. The summed E-state index contributed by atoms with van der Waals surface area (Å²) < 4.78 is 57.9. The number of benzene rings is 3. The molecule has 0 unspecified atom stereocenters. The van der Waals surface area contributed by atoms with Crippen molar-refractivity contribution in [1.29, 1.82) is 0 Å². The Bertz CT molecular complexity index is 2300. The highest BCUT2D eigenvalue weighted by Crippen LogP contribution is 2.30. The fraction of sp³-hybridized carbons (Fsp3) is 0.300. The van der Waals surface area contributed by atoms with Crippen molar-refractivity contribution in [2.75, 3.05) is 57.5 Å². The number of carbonyl (C=O) groups is 2. The van der Waals surface area contributed by atoms with Gasteiger partial charge in [0.2, 0.25) is 0 Å². The Kier molecular flexibility index (Phi) is 14.0. The molecule has 0 aliphatic carbocycles. The lowest BCUT2D eigenvalue weighted by molar-refractivity contribution is 0.00911. The van der Waals surface area contributed by atoms with Crippen LogP contribution in [0.5, 0.6) is 5.75 Å². The quantitative estimate of drug-likeness (QED) is 0.0783. The van der Waals surface area contributed by atoms with Gasteiger partial charge < -0.3 is 34.1 Å². The predicted molar refractivity (Wildman–Crippen MR) is 206 cm³/mol. The van der Waals surface area contributed by atoms with Gasteiger partial charge in [0.05, 0.1) is 56.4 Å². The molecule has 15 heteroatoms. The minimum atomic E-state index is -4.15. The van der Waals surface area contributed by atoms with Gasteiger partial charge in [0.15, 0.2) is 5.69 Å². The van der Waals surface area contributed by atoms with Gasteiger partial charge in [0, 0.05) is 40.7 Å². The highest BCUT2D eigenvalue weighted by Gasteiger charge is 2.21. The third-order valence-electron chi connectivity index (χ3n) is 7.63. The van der Waals surface area contributed by atoms with Gasteiger partial charge in [-0.1, -0.05) is 54.3 Å². The summed E-state index contributed by atoms with van der Waals surface area (Å²) in [5.41, 5.74) is 0.738. The van der Waals surface area contributed by atoms with Crippen LogP contribution in [-0.4, -0.2) is 93.9 Å². The lowest BCUT2D eigenvalue weighted by atomic mass is 10.0. The van der Waals surface area contributed by atoms with Crippen LogP contribution >= 0.6 is 0 Å². The van der Waals surface area contributed by atoms with E-state index in [1.165, 1.54) is 18.5 Å². The summed E-state index contributed by atoms with van der Waals surface area (Å²) in [6, 6.07) is 20.1. The maximum absolute atomic E-state index is 13.8. The van der Waals surface area contributed by atoms with Crippen molar-refractivity contribution in [3.8, 4) is 17.6 Å². The number of anilines is 1. The van der Waals surface area contributed by atoms with Gasteiger partial charge in [-0.25, -0.2) is 23.0 Å². The molecule has 3 aromatic carbocycles. The molecule has 0 radical (unpaired) electrons. The number of ether oxygens (including phenoxy) is 5. The molecule has 0 aliphatic rings. The average molecular weight is 771 g/mol. The van der Waals surface area contributed by atoms with Crippen LogP contribution in [0.2, 0.25) is 0 Å². The number of hydrogen-bond acceptors (Lipinski definition) is 11. The number of alkyl carbamates (subject to hydrolysis) is 1. The highest BCUT2D eigenvalue weighted by atomic mass is 32.2. The summed E-state index contributed by atoms with van der Waals surface area (Å²) in [5, 5.41) is 13.7. The van der Waals surface area contributed by atoms with Crippen molar-refractivity contribution in [1.82, 2.24) is 15.3 Å². The number of carboxylic acids is 1. The van der Waals surface area contributed by atoms with E-state index in [0.717, 1.165) is 0 Å². The zero-order chi connectivity index (χ0) is 39.3. The molecular formula is C40H42N4O10S. The SMILES string of the molecule is CC(C)(C)OC(=O)NCCOCCOCCOCCOc1ccnc2c(S(=O)(=O)Nc3ccccc3C#Cc3cnc(C(=O)O)c4ccccc34)cccc12. The fourth-order valence-corrected chi connectivity index (χ4v) is 6.49. The summed E-state index contributed by atoms with van der Waals surface area (Å²) in [5.74, 6) is 5.34. The second-order valence-electron chi connectivity index (χ2n) is 12.8. The minimum absolute atomic E-state index is 0.0469. The van der Waals surface area contributed by atoms with Crippen molar-refractivity contribution in [3.05, 3.63) is 102 Å². The van der Waals surface area contributed by atoms with E-state index in [1.54, 1.807) is 87.5 Å². The predicted octanol–water partition coefficient (Wildman–Crippen LogP) is 5.64. The first-order valence-electron chi connectivity index (χ1n) is 17.4. The van der Waals surface area contributed by atoms with Crippen LogP contribution in [0, 0.1) is 11.8 Å². The standard InChI is InChI=1S/C40H42N4O10S/c1-40(2,3)54-39(47)42-19-20-50-21-22-51-23-24-52-25-26-53-34-17-18-41-36-32(34)12-8-14-35(36)55(48,49)44-33-13-7-4-9-28(33)15-16-29-27-43-37(38(45)46)31-11-6-5-10-30(29)31/h4-14,17-18,27,44H,19-26H2,1-3H3,(H,42,47)(H,45,46). The van der Waals surface area contributed by atoms with Crippen molar-refractivity contribution in [2.24, 2.45) is 0 Å². The maximum Gasteiger partial charge on any atom is 0.407 e. The number of amides is 1. The molecule has 0 fully saturated rings. The molecule has 2 aromatic heterocycles. The van der Waals surface area contributed by atoms with Gasteiger partial charge in [-0.15, -0.1) is 0 Å². The second-order valence-corrected chi connectivity index (χ2v) is 14.5. The van der Waals surface area contributed by atoms with Gasteiger partial charge >= 0.3 is 12.1 Å². The molecule has 14 nitrogen and oxygen atoms in total. The molecule has 0 saturated carbocycles. The lowest BCUT2D eigenvalue weighted by Crippen LogP contribution is -2.34. The van der Waals surface area contributed by atoms with Crippen molar-refractivity contribution >= 4 is 49.4 Å². The van der Waals surface area contributed by atoms with Gasteiger partial charge in [-0.3, -0.25) is 9.71 Å². The number of nitrogens with zero attached hydrogens (tertiary/aromatic N) is 2. The third kappa shape index (κ3) is 11.6. The van der Waals surface area contributed by atoms with Gasteiger partial charge in [-0.2, -0.15) is 0 Å². The second kappa shape index (κ2) is 19.0. The number of carboxylic acid groups (broad SMARTS) is 1. The van der Waals surface area contributed by atoms with E-state index in [-0.39, 0.29) is 35.0 Å². The Morgan fingerprint density at radius 3 is 2.11 bits per heavy atom. The number of nitrogens with one attached hydrogen (secondary N) is 2. The third-order valence-corrected chi connectivity index (χ3v) is 9.03. The van der Waals surface area contributed by atoms with Gasteiger partial charge in [0.1, 0.15) is 22.9 Å². The number of para-hydroxylation sites is 2. The van der Waals surface area contributed by atoms with E-state index in [1.807, 2.05) is 0 Å². The molecule has 1 amide bonds. The molecule has 55 heavy (non-hydrogen) atoms. The summed E-state index contributed by atoms with van der Waals surface area (Å²) in [6.07, 6.45) is 2.39. The Hall–Kier alpha value is -5.79. The monoisotopic (exact) mass is 770 g/mol. The molecule has 0 atom stereocenters. The molecule has 2 heterocycles. The first kappa shape index (κ1) is 40.4. The van der Waals surface area contributed by atoms with E-state index >= 15 is 0 Å². The van der Waals surface area contributed by atoms with Gasteiger partial charge in [0.25, 0.3) is 10.0 Å². The summed E-state index contributed by atoms with van der Waals surface area (Å²) in [4.78, 5) is 31.7. The van der Waals surface area contributed by atoms with E-state index in [0.29, 0.717) is 72.6 Å². The number of aromatic nitrogens is 2. The normalized spacial score (nSPS) is 11.5. The molecule has 3 N–H and O–H groups in total. The van der Waals surface area contributed by atoms with E-state index in [4.69, 9.17) is 23.7 Å². The summed E-state index contributed by atoms with van der Waals surface area (Å²) >= 11 is 0. The van der Waals surface area contributed by atoms with E-state index in [2.05, 4.69) is 31.8 Å². The van der Waals surface area contributed by atoms with Crippen LogP contribution in [0.1, 0.15) is 42.4 Å². The number of fused-ring (bicyclic) bond motifs is 2. The number of aromatic carboxylic acids is 1. The zero-order valence-corrected chi connectivity index (χ0v) is 31.5. The Morgan fingerprint density at radius 1 is 0.745 bits per heavy atom. The first-order valence-corrected chi connectivity index (χ1v) is 18.9. The van der Waals surface area contributed by atoms with Crippen molar-refractivity contribution in [3.63, 3.8) is 0 Å². The van der Waals surface area contributed by atoms with Crippen molar-refractivity contribution < 1.29 is 46.8 Å². The van der Waals surface area contributed by atoms with Crippen LogP contribution < -0.4 is 14.8 Å². The molecule has 288 valence electrons. The van der Waals surface area contributed by atoms with Crippen LogP contribution in [0.15, 0.2) is 90.1 Å². The Balaban J connectivity index is 1.13. The number of hydrogen-bond donors (Lipinski definition) is 3. The van der Waals surface area contributed by atoms with Crippen LogP contribution in [0.4, 0.5) is 10.5 Å². The zero-order valence-electron chi connectivity index (χ0n) is 30.7. The molecule has 5 aromatic rings. The van der Waals surface area contributed by atoms with Crippen LogP contribution in [0.3, 0.4) is 0 Å². The molecule has 0 bridgehead atoms. The molecule has 0 spiro atoms. The molecule has 5 rings (SSSR count). The Labute approximate surface area is 319 Å². The molecular weight excluding hydrogens is 729 g/mol. The fourth-order valence-electron chi connectivity index (χ4n) is 5.24. The lowest BCUT2D eigenvalue weighted by Gasteiger charge is -2.19. The summed E-state index contributed by atoms with van der Waals surface area (Å²) in [7, 11) is -4.15. The smallest absolute Gasteiger partial charge is 0.407 e. The van der Waals surface area contributed by atoms with Crippen molar-refractivity contribution in [2.45, 2.75) is 31.3 Å². The average Bonchev–Trinajstić information content (AvgIpc) is 3.15. The number of rotatable bonds is 17. The van der Waals surface area contributed by atoms with Crippen LogP contribution in [0.25, 0.3) is 21.7 Å². The van der Waals surface area contributed by atoms with E-state index < -0.39 is 27.7 Å². The summed E-state index contributed by atoms with van der Waals surface area (Å²) in [6.45, 7) is 7.95. The van der Waals surface area contributed by atoms with Crippen LogP contribution in [-0.2, 0) is 29.0 Å². The van der Waals surface area contributed by atoms with E-state index in [9.17, 15) is 23.1 Å². The maximum atomic E-state index is 13.8. The largest absolute Gasteiger partial charge is 0.490 e. The number of sulfonamides is 1. The first-order chi connectivity index (χ1) is 26.4. The van der Waals surface area contributed by atoms with Gasteiger partial charge in [-0.05, 0) is 51.1 Å². The number of carbonyl (C=O) groups excluding carboxylic acids is 1. The topological polar surface area (TPSA) is 184 Å². The molecule has 0 saturated heterocycles. The number of pyridine rings is 2. The minimum Gasteiger partial charge on any atom is -0.490 e. The Morgan fingerprint density at radius 2 is 1.38 bits per heavy atom.